The Morgan fingerprint density at radius 2 is 1.81 bits per heavy atom. The van der Waals surface area contributed by atoms with E-state index in [-0.39, 0.29) is 12.3 Å². The fourth-order valence-corrected chi connectivity index (χ4v) is 2.85. The van der Waals surface area contributed by atoms with Crippen LogP contribution in [0.2, 0.25) is 0 Å². The van der Waals surface area contributed by atoms with Crippen molar-refractivity contribution < 1.29 is 4.79 Å². The van der Waals surface area contributed by atoms with Gasteiger partial charge >= 0.3 is 0 Å². The van der Waals surface area contributed by atoms with Crippen molar-refractivity contribution in [1.82, 2.24) is 30.2 Å². The highest BCUT2D eigenvalue weighted by molar-refractivity contribution is 7.71. The normalized spacial score (nSPS) is 10.6. The van der Waals surface area contributed by atoms with Crippen LogP contribution in [-0.2, 0) is 11.3 Å². The number of hydrazine groups is 1. The molecule has 140 valence electrons. The van der Waals surface area contributed by atoms with Crippen LogP contribution in [0.15, 0.2) is 30.3 Å². The fraction of sp³-hybridized carbons (Fsp3) is 0.278. The number of hydrogen-bond acceptors (Lipinski definition) is 6. The van der Waals surface area contributed by atoms with E-state index in [1.807, 2.05) is 55.7 Å². The Morgan fingerprint density at radius 3 is 2.48 bits per heavy atom. The van der Waals surface area contributed by atoms with Crippen molar-refractivity contribution in [3.8, 4) is 11.4 Å². The van der Waals surface area contributed by atoms with Crippen molar-refractivity contribution in [3.63, 3.8) is 0 Å². The Hall–Kier alpha value is -3.07. The van der Waals surface area contributed by atoms with Crippen molar-refractivity contribution in [1.29, 1.82) is 0 Å². The summed E-state index contributed by atoms with van der Waals surface area (Å²) in [6.45, 7) is 6.17. The number of benzene rings is 1. The second-order valence-corrected chi connectivity index (χ2v) is 6.65. The molecule has 0 aliphatic rings. The molecule has 0 fully saturated rings. The number of nitrogens with zero attached hydrogens (tertiary/aromatic N) is 4. The van der Waals surface area contributed by atoms with E-state index in [1.165, 1.54) is 5.56 Å². The number of aromatic amines is 1. The molecule has 1 amide bonds. The van der Waals surface area contributed by atoms with Gasteiger partial charge in [-0.1, -0.05) is 29.8 Å². The number of amides is 1. The summed E-state index contributed by atoms with van der Waals surface area (Å²) >= 11 is 5.30. The molecule has 2 aromatic heterocycles. The third-order valence-electron chi connectivity index (χ3n) is 3.93. The molecule has 1 aromatic carbocycles. The number of aryl methyl sites for hydroxylation is 3. The Balaban J connectivity index is 1.63. The SMILES string of the molecule is Cc1ccc(-c2n[nH]c(=S)n2CCC(=O)NNc2nc(C)cc(C)n2)cc1. The molecule has 3 N–H and O–H groups in total. The van der Waals surface area contributed by atoms with Gasteiger partial charge in [-0.2, -0.15) is 5.10 Å². The van der Waals surface area contributed by atoms with Crippen molar-refractivity contribution in [2.24, 2.45) is 0 Å². The number of aromatic nitrogens is 5. The predicted octanol–water partition coefficient (Wildman–Crippen LogP) is 2.86. The molecule has 27 heavy (non-hydrogen) atoms. The smallest absolute Gasteiger partial charge is 0.242 e. The first-order valence-corrected chi connectivity index (χ1v) is 8.92. The van der Waals surface area contributed by atoms with Gasteiger partial charge in [-0.05, 0) is 39.1 Å². The van der Waals surface area contributed by atoms with E-state index in [0.717, 1.165) is 17.0 Å². The highest BCUT2D eigenvalue weighted by atomic mass is 32.1. The lowest BCUT2D eigenvalue weighted by atomic mass is 10.1. The maximum atomic E-state index is 12.2. The lowest BCUT2D eigenvalue weighted by molar-refractivity contribution is -0.120. The number of carbonyl (C=O) groups is 1. The molecule has 0 saturated heterocycles. The number of nitrogens with one attached hydrogen (secondary N) is 3. The maximum Gasteiger partial charge on any atom is 0.242 e. The molecule has 0 aliphatic carbocycles. The minimum absolute atomic E-state index is 0.198. The second kappa shape index (κ2) is 8.09. The van der Waals surface area contributed by atoms with Gasteiger partial charge in [0.1, 0.15) is 0 Å². The quantitative estimate of drug-likeness (QED) is 0.447. The summed E-state index contributed by atoms with van der Waals surface area (Å²) in [4.78, 5) is 20.6. The molecule has 0 bridgehead atoms. The summed E-state index contributed by atoms with van der Waals surface area (Å²) in [7, 11) is 0. The van der Waals surface area contributed by atoms with Crippen LogP contribution in [0.25, 0.3) is 11.4 Å². The van der Waals surface area contributed by atoms with E-state index in [4.69, 9.17) is 12.2 Å². The van der Waals surface area contributed by atoms with Crippen molar-refractivity contribution in [3.05, 3.63) is 52.1 Å². The average molecular weight is 383 g/mol. The minimum atomic E-state index is -0.198. The van der Waals surface area contributed by atoms with Gasteiger partial charge in [0, 0.05) is 29.9 Å². The summed E-state index contributed by atoms with van der Waals surface area (Å²) < 4.78 is 2.29. The molecular weight excluding hydrogens is 362 g/mol. The Bertz CT molecular complexity index is 987. The molecule has 0 aliphatic heterocycles. The van der Waals surface area contributed by atoms with Crippen LogP contribution in [0, 0.1) is 25.5 Å². The second-order valence-electron chi connectivity index (χ2n) is 6.27. The van der Waals surface area contributed by atoms with Crippen LogP contribution in [0.1, 0.15) is 23.4 Å². The molecule has 0 unspecified atom stereocenters. The molecule has 0 spiro atoms. The molecule has 0 saturated carbocycles. The zero-order chi connectivity index (χ0) is 19.4. The van der Waals surface area contributed by atoms with E-state index in [0.29, 0.717) is 23.1 Å². The largest absolute Gasteiger partial charge is 0.300 e. The van der Waals surface area contributed by atoms with Gasteiger partial charge in [0.15, 0.2) is 10.6 Å². The molecule has 8 nitrogen and oxygen atoms in total. The zero-order valence-corrected chi connectivity index (χ0v) is 16.2. The molecule has 9 heteroatoms. The molecule has 3 aromatic rings. The summed E-state index contributed by atoms with van der Waals surface area (Å²) in [5, 5.41) is 7.08. The van der Waals surface area contributed by atoms with Gasteiger partial charge < -0.3 is 0 Å². The predicted molar refractivity (Wildman–Crippen MR) is 105 cm³/mol. The number of carbonyl (C=O) groups excluding carboxylic acids is 1. The maximum absolute atomic E-state index is 12.2. The Kier molecular flexibility index (Phi) is 5.60. The number of hydrogen-bond donors (Lipinski definition) is 3. The Morgan fingerprint density at radius 1 is 1.15 bits per heavy atom. The highest BCUT2D eigenvalue weighted by Crippen LogP contribution is 2.18. The van der Waals surface area contributed by atoms with E-state index in [9.17, 15) is 4.79 Å². The average Bonchev–Trinajstić information content (AvgIpc) is 2.99. The lowest BCUT2D eigenvalue weighted by Crippen LogP contribution is -2.31. The zero-order valence-electron chi connectivity index (χ0n) is 15.4. The fourth-order valence-electron chi connectivity index (χ4n) is 2.63. The summed E-state index contributed by atoms with van der Waals surface area (Å²) in [6.07, 6.45) is 0.227. The first-order chi connectivity index (χ1) is 12.9. The van der Waals surface area contributed by atoms with E-state index >= 15 is 0 Å². The molecule has 3 rings (SSSR count). The first-order valence-electron chi connectivity index (χ1n) is 8.52. The van der Waals surface area contributed by atoms with Gasteiger partial charge in [-0.15, -0.1) is 0 Å². The van der Waals surface area contributed by atoms with E-state index < -0.39 is 0 Å². The third-order valence-corrected chi connectivity index (χ3v) is 4.24. The van der Waals surface area contributed by atoms with E-state index in [1.54, 1.807) is 0 Å². The summed E-state index contributed by atoms with van der Waals surface area (Å²) in [6, 6.07) is 9.85. The summed E-state index contributed by atoms with van der Waals surface area (Å²) in [5.41, 5.74) is 9.11. The Labute approximate surface area is 162 Å². The molecule has 0 radical (unpaired) electrons. The number of anilines is 1. The van der Waals surface area contributed by atoms with E-state index in [2.05, 4.69) is 31.0 Å². The topological polar surface area (TPSA) is 101 Å². The van der Waals surface area contributed by atoms with Crippen molar-refractivity contribution >= 4 is 24.1 Å². The third kappa shape index (κ3) is 4.76. The van der Waals surface area contributed by atoms with Crippen LogP contribution in [0.5, 0.6) is 0 Å². The molecule has 0 atom stereocenters. The lowest BCUT2D eigenvalue weighted by Gasteiger charge is -2.10. The minimum Gasteiger partial charge on any atom is -0.300 e. The van der Waals surface area contributed by atoms with Gasteiger partial charge in [0.2, 0.25) is 11.9 Å². The first kappa shape index (κ1) is 18.7. The number of H-pyrrole nitrogens is 1. The van der Waals surface area contributed by atoms with Crippen LogP contribution in [0.3, 0.4) is 0 Å². The summed E-state index contributed by atoms with van der Waals surface area (Å²) in [5.74, 6) is 0.871. The van der Waals surface area contributed by atoms with Gasteiger partial charge in [0.05, 0.1) is 0 Å². The van der Waals surface area contributed by atoms with Crippen LogP contribution in [0.4, 0.5) is 5.95 Å². The standard InChI is InChI=1S/C18H21N7OS/c1-11-4-6-14(7-5-11)16-22-24-18(27)25(16)9-8-15(26)21-23-17-19-12(2)10-13(3)20-17/h4-7,10H,8-9H2,1-3H3,(H,21,26)(H,24,27)(H,19,20,23). The van der Waals surface area contributed by atoms with Crippen molar-refractivity contribution in [2.45, 2.75) is 33.7 Å². The number of rotatable bonds is 6. The van der Waals surface area contributed by atoms with Gasteiger partial charge in [0.25, 0.3) is 0 Å². The van der Waals surface area contributed by atoms with Gasteiger partial charge in [-0.3, -0.25) is 25.3 Å². The van der Waals surface area contributed by atoms with Crippen LogP contribution >= 0.6 is 12.2 Å². The molecular formula is C18H21N7OS. The monoisotopic (exact) mass is 383 g/mol. The highest BCUT2D eigenvalue weighted by Gasteiger charge is 2.11. The van der Waals surface area contributed by atoms with Crippen LogP contribution in [-0.4, -0.2) is 30.6 Å². The van der Waals surface area contributed by atoms with Gasteiger partial charge in [-0.25, -0.2) is 9.97 Å². The molecule has 2 heterocycles. The van der Waals surface area contributed by atoms with Crippen molar-refractivity contribution in [2.75, 3.05) is 5.43 Å². The van der Waals surface area contributed by atoms with Crippen LogP contribution < -0.4 is 10.9 Å².